The number of carbonyl (C=O) groups is 3. The molecule has 0 aliphatic carbocycles. The van der Waals surface area contributed by atoms with Gasteiger partial charge in [-0.3, -0.25) is 34.0 Å². The van der Waals surface area contributed by atoms with Gasteiger partial charge in [0.15, 0.2) is 0 Å². The van der Waals surface area contributed by atoms with Crippen LogP contribution in [0, 0.1) is 5.92 Å². The normalized spacial score (nSPS) is 21.2. The number of hydrogen-bond donors (Lipinski definition) is 3. The van der Waals surface area contributed by atoms with Crippen molar-refractivity contribution in [3.05, 3.63) is 68.9 Å². The SMILES string of the molecule is NS(=O)(=O)c1ccc(NC(=O)Cn2c3c(sc2=O)[C@@H](c2cccnc2)[C@H]2C(=O)NC(=O)[C@H]2S3)cc1. The number of thiazole rings is 1. The summed E-state index contributed by atoms with van der Waals surface area (Å²) in [6, 6.07) is 8.79. The average Bonchev–Trinajstić information content (AvgIpc) is 3.27. The van der Waals surface area contributed by atoms with Crippen molar-refractivity contribution in [3.63, 3.8) is 0 Å². The molecule has 11 nitrogen and oxygen atoms in total. The third-order valence-electron chi connectivity index (χ3n) is 5.70. The van der Waals surface area contributed by atoms with E-state index in [0.717, 1.165) is 23.1 Å². The number of hydrogen-bond acceptors (Lipinski definition) is 9. The molecular formula is C21H17N5O6S3. The van der Waals surface area contributed by atoms with Crippen molar-refractivity contribution < 1.29 is 22.8 Å². The molecule has 1 fully saturated rings. The van der Waals surface area contributed by atoms with Crippen LogP contribution in [0.4, 0.5) is 5.69 Å². The lowest BCUT2D eigenvalue weighted by atomic mass is 9.84. The highest BCUT2D eigenvalue weighted by molar-refractivity contribution is 8.00. The molecule has 1 saturated heterocycles. The molecule has 3 atom stereocenters. The number of nitrogens with zero attached hydrogens (tertiary/aromatic N) is 2. The molecule has 0 bridgehead atoms. The Labute approximate surface area is 206 Å². The molecule has 2 aliphatic heterocycles. The number of fused-ring (bicyclic) bond motifs is 2. The second-order valence-electron chi connectivity index (χ2n) is 7.92. The fourth-order valence-corrected chi connectivity index (χ4v) is 7.42. The molecule has 0 radical (unpaired) electrons. The Kier molecular flexibility index (Phi) is 5.83. The van der Waals surface area contributed by atoms with E-state index in [2.05, 4.69) is 15.6 Å². The number of pyridine rings is 1. The lowest BCUT2D eigenvalue weighted by Crippen LogP contribution is -2.32. The summed E-state index contributed by atoms with van der Waals surface area (Å²) in [5, 5.41) is 9.79. The number of carbonyl (C=O) groups excluding carboxylic acids is 3. The smallest absolute Gasteiger partial charge is 0.308 e. The van der Waals surface area contributed by atoms with Gasteiger partial charge in [-0.25, -0.2) is 13.6 Å². The average molecular weight is 532 g/mol. The fourth-order valence-electron chi connectivity index (χ4n) is 4.17. The second-order valence-corrected chi connectivity index (χ2v) is 11.6. The van der Waals surface area contributed by atoms with Gasteiger partial charge in [-0.05, 0) is 35.9 Å². The summed E-state index contributed by atoms with van der Waals surface area (Å²) >= 11 is 2.03. The zero-order chi connectivity index (χ0) is 24.9. The molecule has 5 rings (SSSR count). The Hall–Kier alpha value is -3.33. The van der Waals surface area contributed by atoms with Crippen LogP contribution >= 0.6 is 23.1 Å². The summed E-state index contributed by atoms with van der Waals surface area (Å²) in [6.07, 6.45) is 3.19. The molecule has 1 aromatic carbocycles. The van der Waals surface area contributed by atoms with Crippen molar-refractivity contribution in [2.45, 2.75) is 27.6 Å². The summed E-state index contributed by atoms with van der Waals surface area (Å²) < 4.78 is 24.1. The lowest BCUT2D eigenvalue weighted by molar-refractivity contribution is -0.126. The summed E-state index contributed by atoms with van der Waals surface area (Å²) in [4.78, 5) is 55.0. The molecule has 4 N–H and O–H groups in total. The molecule has 0 saturated carbocycles. The molecule has 35 heavy (non-hydrogen) atoms. The predicted octanol–water partition coefficient (Wildman–Crippen LogP) is 0.470. The van der Waals surface area contributed by atoms with Crippen LogP contribution in [0.2, 0.25) is 0 Å². The van der Waals surface area contributed by atoms with Crippen LogP contribution in [0.5, 0.6) is 0 Å². The van der Waals surface area contributed by atoms with Gasteiger partial charge in [-0.15, -0.1) is 0 Å². The first-order valence-electron chi connectivity index (χ1n) is 10.2. The Balaban J connectivity index is 1.46. The molecule has 14 heteroatoms. The van der Waals surface area contributed by atoms with Crippen molar-refractivity contribution in [3.8, 4) is 0 Å². The second kappa shape index (κ2) is 8.71. The zero-order valence-electron chi connectivity index (χ0n) is 17.7. The molecule has 3 aromatic rings. The fraction of sp³-hybridized carbons (Fsp3) is 0.190. The minimum Gasteiger partial charge on any atom is -0.325 e. The summed E-state index contributed by atoms with van der Waals surface area (Å²) in [6.45, 7) is -0.332. The van der Waals surface area contributed by atoms with E-state index < -0.39 is 49.7 Å². The quantitative estimate of drug-likeness (QED) is 0.399. The number of rotatable bonds is 5. The number of nitrogens with one attached hydrogen (secondary N) is 2. The summed E-state index contributed by atoms with van der Waals surface area (Å²) in [5.74, 6) is -2.61. The van der Waals surface area contributed by atoms with E-state index in [1.807, 2.05) is 0 Å². The van der Waals surface area contributed by atoms with Crippen molar-refractivity contribution in [2.75, 3.05) is 5.32 Å². The summed E-state index contributed by atoms with van der Waals surface area (Å²) in [7, 11) is -3.87. The highest BCUT2D eigenvalue weighted by Crippen LogP contribution is 2.51. The van der Waals surface area contributed by atoms with E-state index in [4.69, 9.17) is 5.14 Å². The first kappa shape index (κ1) is 23.4. The van der Waals surface area contributed by atoms with Gasteiger partial charge in [-0.1, -0.05) is 29.2 Å². The van der Waals surface area contributed by atoms with Crippen molar-refractivity contribution in [2.24, 2.45) is 11.1 Å². The minimum atomic E-state index is -3.87. The number of imide groups is 1. The molecule has 0 spiro atoms. The Morgan fingerprint density at radius 3 is 2.54 bits per heavy atom. The minimum absolute atomic E-state index is 0.101. The molecule has 4 heterocycles. The van der Waals surface area contributed by atoms with Gasteiger partial charge in [-0.2, -0.15) is 0 Å². The molecule has 2 aliphatic rings. The zero-order valence-corrected chi connectivity index (χ0v) is 20.2. The van der Waals surface area contributed by atoms with Gasteiger partial charge in [0.1, 0.15) is 11.8 Å². The van der Waals surface area contributed by atoms with Crippen molar-refractivity contribution in [1.82, 2.24) is 14.9 Å². The number of aromatic nitrogens is 2. The van der Waals surface area contributed by atoms with Crippen LogP contribution in [0.25, 0.3) is 0 Å². The standard InChI is InChI=1S/C21H17N5O6S3/c22-35(31,32)12-5-3-11(4-6-12)24-13(27)9-26-20-17(34-21(26)30)14(10-2-1-7-23-8-10)15-16(33-20)19(29)25-18(15)28/h1-8,14-16H,9H2,(H,24,27)(H2,22,31,32)(H,25,28,29)/t14-,15+,16-/m0/s1. The highest BCUT2D eigenvalue weighted by atomic mass is 32.2. The van der Waals surface area contributed by atoms with Crippen LogP contribution in [-0.4, -0.2) is 40.9 Å². The van der Waals surface area contributed by atoms with Gasteiger partial charge in [0, 0.05) is 28.9 Å². The largest absolute Gasteiger partial charge is 0.325 e. The maximum absolute atomic E-state index is 12.9. The van der Waals surface area contributed by atoms with E-state index in [-0.39, 0.29) is 11.4 Å². The Morgan fingerprint density at radius 2 is 1.89 bits per heavy atom. The first-order valence-corrected chi connectivity index (χ1v) is 13.5. The number of primary sulfonamides is 1. The third-order valence-corrected chi connectivity index (χ3v) is 9.24. The van der Waals surface area contributed by atoms with Gasteiger partial charge in [0.25, 0.3) is 0 Å². The van der Waals surface area contributed by atoms with Crippen LogP contribution in [0.15, 0.2) is 63.5 Å². The van der Waals surface area contributed by atoms with E-state index in [1.165, 1.54) is 28.8 Å². The molecule has 3 amide bonds. The topological polar surface area (TPSA) is 170 Å². The molecular weight excluding hydrogens is 514 g/mol. The maximum Gasteiger partial charge on any atom is 0.308 e. The number of amides is 3. The van der Waals surface area contributed by atoms with Crippen LogP contribution < -0.4 is 20.6 Å². The van der Waals surface area contributed by atoms with Crippen molar-refractivity contribution >= 4 is 56.5 Å². The van der Waals surface area contributed by atoms with Gasteiger partial charge < -0.3 is 5.32 Å². The van der Waals surface area contributed by atoms with Crippen LogP contribution in [0.1, 0.15) is 16.4 Å². The molecule has 0 unspecified atom stereocenters. The number of sulfonamides is 1. The Bertz CT molecular complexity index is 1510. The molecule has 2 aromatic heterocycles. The highest BCUT2D eigenvalue weighted by Gasteiger charge is 2.52. The van der Waals surface area contributed by atoms with E-state index >= 15 is 0 Å². The van der Waals surface area contributed by atoms with Crippen molar-refractivity contribution in [1.29, 1.82) is 0 Å². The monoisotopic (exact) mass is 531 g/mol. The number of thioether (sulfide) groups is 1. The third kappa shape index (κ3) is 4.29. The van der Waals surface area contributed by atoms with Crippen LogP contribution in [-0.2, 0) is 31.0 Å². The maximum atomic E-state index is 12.9. The van der Waals surface area contributed by atoms with E-state index in [1.54, 1.807) is 24.5 Å². The number of benzene rings is 1. The summed E-state index contributed by atoms with van der Waals surface area (Å²) in [5.41, 5.74) is 1.02. The van der Waals surface area contributed by atoms with E-state index in [0.29, 0.717) is 21.2 Å². The Morgan fingerprint density at radius 1 is 1.14 bits per heavy atom. The first-order chi connectivity index (χ1) is 16.6. The lowest BCUT2D eigenvalue weighted by Gasteiger charge is -2.30. The number of anilines is 1. The van der Waals surface area contributed by atoms with Gasteiger partial charge in [0.2, 0.25) is 27.7 Å². The molecule has 180 valence electrons. The predicted molar refractivity (Wildman–Crippen MR) is 127 cm³/mol. The van der Waals surface area contributed by atoms with E-state index in [9.17, 15) is 27.6 Å². The van der Waals surface area contributed by atoms with Gasteiger partial charge in [0.05, 0.1) is 15.8 Å². The van der Waals surface area contributed by atoms with Gasteiger partial charge >= 0.3 is 4.87 Å². The van der Waals surface area contributed by atoms with Crippen LogP contribution in [0.3, 0.4) is 0 Å². The number of nitrogens with two attached hydrogens (primary N) is 1.